The Morgan fingerprint density at radius 2 is 2.14 bits per heavy atom. The van der Waals surface area contributed by atoms with Crippen molar-refractivity contribution in [2.45, 2.75) is 17.0 Å². The van der Waals surface area contributed by atoms with E-state index in [4.69, 9.17) is 5.11 Å². The first-order valence-corrected chi connectivity index (χ1v) is 5.21. The summed E-state index contributed by atoms with van der Waals surface area (Å²) in [7, 11) is 0. The van der Waals surface area contributed by atoms with Gasteiger partial charge in [-0.25, -0.2) is 0 Å². The van der Waals surface area contributed by atoms with Gasteiger partial charge in [-0.3, -0.25) is 4.79 Å². The Hall–Kier alpha value is -0.550. The summed E-state index contributed by atoms with van der Waals surface area (Å²) in [6.45, 7) is 0.639. The lowest BCUT2D eigenvalue weighted by Crippen LogP contribution is -2.36. The van der Waals surface area contributed by atoms with Crippen LogP contribution in [0.5, 0.6) is 0 Å². The van der Waals surface area contributed by atoms with Gasteiger partial charge in [-0.2, -0.15) is 0 Å². The molecule has 0 fully saturated rings. The number of aliphatic carboxylic acids is 1. The maximum absolute atomic E-state index is 10.3. The predicted octanol–water partition coefficient (Wildman–Crippen LogP) is 1.75. The molecule has 0 saturated heterocycles. The highest BCUT2D eigenvalue weighted by Crippen LogP contribution is 2.29. The highest BCUT2D eigenvalue weighted by molar-refractivity contribution is 8.00. The molecular formula is C9H13NO2S2. The van der Waals surface area contributed by atoms with E-state index in [0.717, 1.165) is 0 Å². The average Bonchev–Trinajstić information content (AvgIpc) is 2.07. The van der Waals surface area contributed by atoms with Crippen LogP contribution in [0.15, 0.2) is 24.4 Å². The van der Waals surface area contributed by atoms with Crippen molar-refractivity contribution in [2.75, 3.05) is 6.54 Å². The lowest BCUT2D eigenvalue weighted by molar-refractivity contribution is -0.137. The van der Waals surface area contributed by atoms with Crippen molar-refractivity contribution in [1.82, 2.24) is 4.90 Å². The molecule has 0 aromatic heterocycles. The van der Waals surface area contributed by atoms with E-state index in [-0.39, 0.29) is 6.42 Å². The van der Waals surface area contributed by atoms with Crippen molar-refractivity contribution < 1.29 is 9.90 Å². The molecule has 0 saturated carbocycles. The average molecular weight is 231 g/mol. The number of carboxylic acid groups (broad SMARTS) is 1. The fraction of sp³-hybridized carbons (Fsp3) is 0.444. The first-order chi connectivity index (χ1) is 6.52. The molecule has 78 valence electrons. The lowest BCUT2D eigenvalue weighted by atomic mass is 10.2. The molecule has 0 aromatic rings. The van der Waals surface area contributed by atoms with Crippen molar-refractivity contribution in [3.8, 4) is 0 Å². The molecule has 1 aliphatic rings. The summed E-state index contributed by atoms with van der Waals surface area (Å²) < 4.78 is -0.604. The van der Waals surface area contributed by atoms with E-state index in [1.165, 1.54) is 0 Å². The van der Waals surface area contributed by atoms with Crippen LogP contribution in [0.25, 0.3) is 0 Å². The normalized spacial score (nSPS) is 18.6. The third-order valence-electron chi connectivity index (χ3n) is 1.91. The minimum Gasteiger partial charge on any atom is -0.481 e. The molecule has 0 spiro atoms. The Bertz CT molecular complexity index is 274. The van der Waals surface area contributed by atoms with Gasteiger partial charge in [0.15, 0.2) is 0 Å². The number of rotatable bonds is 4. The van der Waals surface area contributed by atoms with Gasteiger partial charge in [0.2, 0.25) is 0 Å². The Balaban J connectivity index is 2.40. The van der Waals surface area contributed by atoms with Crippen molar-refractivity contribution in [2.24, 2.45) is 0 Å². The van der Waals surface area contributed by atoms with Gasteiger partial charge in [-0.15, -0.1) is 25.3 Å². The summed E-state index contributed by atoms with van der Waals surface area (Å²) in [6, 6.07) is 0. The smallest absolute Gasteiger partial charge is 0.303 e. The molecule has 0 aliphatic carbocycles. The number of nitrogens with zero attached hydrogens (tertiary/aromatic N) is 1. The zero-order valence-corrected chi connectivity index (χ0v) is 9.42. The van der Waals surface area contributed by atoms with Crippen molar-refractivity contribution in [1.29, 1.82) is 0 Å². The fourth-order valence-corrected chi connectivity index (χ4v) is 1.69. The topological polar surface area (TPSA) is 40.5 Å². The van der Waals surface area contributed by atoms with Crippen LogP contribution in [0, 0.1) is 0 Å². The molecular weight excluding hydrogens is 218 g/mol. The summed E-state index contributed by atoms with van der Waals surface area (Å²) in [5, 5.41) is 8.48. The summed E-state index contributed by atoms with van der Waals surface area (Å²) in [6.07, 6.45) is 8.23. The minimum atomic E-state index is -0.773. The Morgan fingerprint density at radius 1 is 1.43 bits per heavy atom. The Kier molecular flexibility index (Phi) is 3.95. The van der Waals surface area contributed by atoms with E-state index in [2.05, 4.69) is 25.3 Å². The van der Waals surface area contributed by atoms with Crippen molar-refractivity contribution in [3.63, 3.8) is 0 Å². The second kappa shape index (κ2) is 4.79. The molecule has 0 aromatic carbocycles. The van der Waals surface area contributed by atoms with Gasteiger partial charge < -0.3 is 10.0 Å². The second-order valence-electron chi connectivity index (χ2n) is 3.08. The van der Waals surface area contributed by atoms with E-state index in [9.17, 15) is 4.79 Å². The number of carboxylic acids is 1. The summed E-state index contributed by atoms with van der Waals surface area (Å²) >= 11 is 8.68. The molecule has 3 nitrogen and oxygen atoms in total. The Morgan fingerprint density at radius 3 is 2.71 bits per heavy atom. The Labute approximate surface area is 94.3 Å². The van der Waals surface area contributed by atoms with E-state index in [1.54, 1.807) is 0 Å². The van der Waals surface area contributed by atoms with Gasteiger partial charge in [-0.1, -0.05) is 6.08 Å². The van der Waals surface area contributed by atoms with E-state index < -0.39 is 10.2 Å². The van der Waals surface area contributed by atoms with Crippen LogP contribution in [0.1, 0.15) is 12.8 Å². The number of thiol groups is 2. The van der Waals surface area contributed by atoms with Crippen molar-refractivity contribution in [3.05, 3.63) is 24.4 Å². The minimum absolute atomic E-state index is 0.172. The highest BCUT2D eigenvalue weighted by atomic mass is 32.2. The molecule has 1 N–H and O–H groups in total. The van der Waals surface area contributed by atoms with E-state index in [0.29, 0.717) is 13.0 Å². The van der Waals surface area contributed by atoms with Crippen LogP contribution in [-0.2, 0) is 4.79 Å². The maximum Gasteiger partial charge on any atom is 0.303 e. The van der Waals surface area contributed by atoms with Crippen LogP contribution >= 0.6 is 25.3 Å². The molecule has 14 heavy (non-hydrogen) atoms. The molecule has 0 radical (unpaired) electrons. The van der Waals surface area contributed by atoms with Crippen LogP contribution in [0.4, 0.5) is 0 Å². The largest absolute Gasteiger partial charge is 0.481 e. The van der Waals surface area contributed by atoms with E-state index in [1.807, 2.05) is 29.3 Å². The van der Waals surface area contributed by atoms with Crippen LogP contribution in [0.2, 0.25) is 0 Å². The summed E-state index contributed by atoms with van der Waals surface area (Å²) in [4.78, 5) is 12.2. The molecule has 0 amide bonds. The zero-order valence-electron chi connectivity index (χ0n) is 7.63. The third kappa shape index (κ3) is 3.31. The predicted molar refractivity (Wildman–Crippen MR) is 62.6 cm³/mol. The zero-order chi connectivity index (χ0) is 10.6. The maximum atomic E-state index is 10.3. The number of carbonyl (C=O) groups is 1. The monoisotopic (exact) mass is 231 g/mol. The van der Waals surface area contributed by atoms with Crippen LogP contribution < -0.4 is 0 Å². The number of hydrogen-bond donors (Lipinski definition) is 3. The number of allylic oxidation sites excluding steroid dienone is 2. The van der Waals surface area contributed by atoms with Gasteiger partial charge in [0, 0.05) is 19.2 Å². The lowest BCUT2D eigenvalue weighted by Gasteiger charge is -2.35. The molecule has 5 heteroatoms. The third-order valence-corrected chi connectivity index (χ3v) is 2.72. The standard InChI is InChI=1S/C9H13NO2S2/c11-8(12)4-3-7-10-6-2-1-5-9(10,13)14/h1-2,5-6,13-14H,3-4,7H2,(H,11,12). The molecule has 1 rings (SSSR count). The van der Waals surface area contributed by atoms with Crippen LogP contribution in [-0.4, -0.2) is 26.7 Å². The van der Waals surface area contributed by atoms with Gasteiger partial charge in [-0.05, 0) is 18.6 Å². The fourth-order valence-electron chi connectivity index (χ4n) is 1.18. The molecule has 0 bridgehead atoms. The molecule has 0 atom stereocenters. The summed E-state index contributed by atoms with van der Waals surface area (Å²) in [5.41, 5.74) is 0. The number of hydrogen-bond acceptors (Lipinski definition) is 4. The van der Waals surface area contributed by atoms with Crippen LogP contribution in [0.3, 0.4) is 0 Å². The first kappa shape index (κ1) is 11.5. The van der Waals surface area contributed by atoms with Gasteiger partial charge >= 0.3 is 5.97 Å². The van der Waals surface area contributed by atoms with Gasteiger partial charge in [0.25, 0.3) is 0 Å². The van der Waals surface area contributed by atoms with E-state index >= 15 is 0 Å². The molecule has 1 heterocycles. The first-order valence-electron chi connectivity index (χ1n) is 4.32. The van der Waals surface area contributed by atoms with Gasteiger partial charge in [0.1, 0.15) is 4.20 Å². The summed E-state index contributed by atoms with van der Waals surface area (Å²) in [5.74, 6) is -0.773. The van der Waals surface area contributed by atoms with Crippen molar-refractivity contribution >= 4 is 31.2 Å². The SMILES string of the molecule is O=C(O)CCCN1C=CC=CC1(S)S. The highest BCUT2D eigenvalue weighted by Gasteiger charge is 2.24. The van der Waals surface area contributed by atoms with Gasteiger partial charge in [0.05, 0.1) is 0 Å². The molecule has 1 aliphatic heterocycles. The quantitative estimate of drug-likeness (QED) is 0.510. The second-order valence-corrected chi connectivity index (χ2v) is 4.80. The molecule has 0 unspecified atom stereocenters.